The second-order valence-electron chi connectivity index (χ2n) is 3.80. The third-order valence-corrected chi connectivity index (χ3v) is 4.03. The summed E-state index contributed by atoms with van der Waals surface area (Å²) in [6.07, 6.45) is 0. The Morgan fingerprint density at radius 1 is 1.16 bits per heavy atom. The van der Waals surface area contributed by atoms with Gasteiger partial charge in [-0.1, -0.05) is 17.7 Å². The topological polar surface area (TPSA) is 72.2 Å². The van der Waals surface area contributed by atoms with Crippen molar-refractivity contribution in [2.75, 3.05) is 10.5 Å². The van der Waals surface area contributed by atoms with Crippen molar-refractivity contribution in [3.63, 3.8) is 0 Å². The van der Waals surface area contributed by atoms with Crippen molar-refractivity contribution in [2.45, 2.75) is 4.90 Å². The number of nitrogens with two attached hydrogens (primary N) is 1. The second kappa shape index (κ2) is 5.07. The van der Waals surface area contributed by atoms with Gasteiger partial charge in [-0.3, -0.25) is 4.72 Å². The molecule has 3 N–H and O–H groups in total. The quantitative estimate of drug-likeness (QED) is 0.856. The lowest BCUT2D eigenvalue weighted by molar-refractivity contribution is 0.595. The van der Waals surface area contributed by atoms with E-state index in [0.29, 0.717) is 5.69 Å². The highest BCUT2D eigenvalue weighted by molar-refractivity contribution is 7.92. The Labute approximate surface area is 115 Å². The van der Waals surface area contributed by atoms with E-state index in [1.807, 2.05) is 0 Å². The van der Waals surface area contributed by atoms with E-state index in [4.69, 9.17) is 17.3 Å². The van der Waals surface area contributed by atoms with Crippen molar-refractivity contribution in [3.8, 4) is 0 Å². The summed E-state index contributed by atoms with van der Waals surface area (Å²) in [5.41, 5.74) is 6.06. The number of sulfonamides is 1. The van der Waals surface area contributed by atoms with Gasteiger partial charge >= 0.3 is 0 Å². The zero-order chi connectivity index (χ0) is 14.0. The highest BCUT2D eigenvalue weighted by Crippen LogP contribution is 2.26. The van der Waals surface area contributed by atoms with Crippen molar-refractivity contribution in [3.05, 3.63) is 53.3 Å². The highest BCUT2D eigenvalue weighted by atomic mass is 35.5. The number of benzene rings is 2. The smallest absolute Gasteiger partial charge is 0.262 e. The van der Waals surface area contributed by atoms with Gasteiger partial charge in [-0.15, -0.1) is 0 Å². The maximum Gasteiger partial charge on any atom is 0.262 e. The van der Waals surface area contributed by atoms with Crippen molar-refractivity contribution in [2.24, 2.45) is 0 Å². The molecule has 2 rings (SSSR count). The van der Waals surface area contributed by atoms with Crippen LogP contribution in [0.5, 0.6) is 0 Å². The van der Waals surface area contributed by atoms with Crippen molar-refractivity contribution in [1.29, 1.82) is 0 Å². The molecule has 0 aliphatic rings. The van der Waals surface area contributed by atoms with E-state index in [2.05, 4.69) is 4.72 Å². The molecule has 0 amide bonds. The minimum Gasteiger partial charge on any atom is -0.399 e. The van der Waals surface area contributed by atoms with E-state index >= 15 is 0 Å². The monoisotopic (exact) mass is 300 g/mol. The lowest BCUT2D eigenvalue weighted by Crippen LogP contribution is -2.13. The number of rotatable bonds is 3. The zero-order valence-corrected chi connectivity index (χ0v) is 11.2. The molecular formula is C12H10ClFN2O2S. The van der Waals surface area contributed by atoms with Gasteiger partial charge in [-0.05, 0) is 36.4 Å². The number of nitrogen functional groups attached to an aromatic ring is 1. The first-order valence-electron chi connectivity index (χ1n) is 5.22. The van der Waals surface area contributed by atoms with Crippen LogP contribution in [0, 0.1) is 5.82 Å². The van der Waals surface area contributed by atoms with Crippen LogP contribution in [0.2, 0.25) is 5.02 Å². The van der Waals surface area contributed by atoms with Crippen LogP contribution in [0.3, 0.4) is 0 Å². The fraction of sp³-hybridized carbons (Fsp3) is 0. The van der Waals surface area contributed by atoms with E-state index in [-0.39, 0.29) is 15.6 Å². The van der Waals surface area contributed by atoms with E-state index in [1.54, 1.807) is 6.07 Å². The minimum absolute atomic E-state index is 0.144. The maximum absolute atomic E-state index is 13.0. The molecule has 7 heteroatoms. The molecule has 0 bridgehead atoms. The third-order valence-electron chi connectivity index (χ3n) is 2.34. The molecule has 100 valence electrons. The summed E-state index contributed by atoms with van der Waals surface area (Å²) in [6, 6.07) is 9.08. The molecule has 0 aliphatic heterocycles. The predicted octanol–water partition coefficient (Wildman–Crippen LogP) is 2.86. The average molecular weight is 301 g/mol. The first-order chi connectivity index (χ1) is 8.88. The largest absolute Gasteiger partial charge is 0.399 e. The summed E-state index contributed by atoms with van der Waals surface area (Å²) in [4.78, 5) is -0.189. The van der Waals surface area contributed by atoms with Crippen LogP contribution in [-0.4, -0.2) is 8.42 Å². The average Bonchev–Trinajstić information content (AvgIpc) is 2.33. The van der Waals surface area contributed by atoms with Crippen molar-refractivity contribution in [1.82, 2.24) is 0 Å². The summed E-state index contributed by atoms with van der Waals surface area (Å²) >= 11 is 5.86. The summed E-state index contributed by atoms with van der Waals surface area (Å²) in [5, 5.41) is 0.203. The normalized spacial score (nSPS) is 11.3. The van der Waals surface area contributed by atoms with E-state index < -0.39 is 15.8 Å². The Bertz CT molecular complexity index is 719. The molecule has 0 aromatic heterocycles. The Balaban J connectivity index is 2.39. The van der Waals surface area contributed by atoms with Gasteiger partial charge in [0, 0.05) is 5.69 Å². The van der Waals surface area contributed by atoms with Crippen molar-refractivity contribution >= 4 is 33.0 Å². The first kappa shape index (κ1) is 13.6. The van der Waals surface area contributed by atoms with Gasteiger partial charge in [0.2, 0.25) is 0 Å². The molecule has 0 fully saturated rings. The summed E-state index contributed by atoms with van der Waals surface area (Å²) < 4.78 is 39.4. The number of hydrogen-bond donors (Lipinski definition) is 2. The summed E-state index contributed by atoms with van der Waals surface area (Å²) in [7, 11) is -3.91. The molecule has 0 radical (unpaired) electrons. The SMILES string of the molecule is Nc1ccc(Cl)c(NS(=O)(=O)c2cccc(F)c2)c1. The van der Waals surface area contributed by atoms with Gasteiger partial charge in [0.25, 0.3) is 10.0 Å². The molecule has 2 aromatic carbocycles. The van der Waals surface area contributed by atoms with Crippen LogP contribution in [-0.2, 0) is 10.0 Å². The van der Waals surface area contributed by atoms with Gasteiger partial charge in [-0.2, -0.15) is 0 Å². The molecule has 19 heavy (non-hydrogen) atoms. The second-order valence-corrected chi connectivity index (χ2v) is 5.89. The Morgan fingerprint density at radius 3 is 2.58 bits per heavy atom. The zero-order valence-electron chi connectivity index (χ0n) is 9.60. The van der Waals surface area contributed by atoms with Crippen LogP contribution >= 0.6 is 11.6 Å². The van der Waals surface area contributed by atoms with Crippen LogP contribution in [0.25, 0.3) is 0 Å². The minimum atomic E-state index is -3.91. The first-order valence-corrected chi connectivity index (χ1v) is 7.08. The molecule has 4 nitrogen and oxygen atoms in total. The molecule has 0 heterocycles. The molecule has 0 spiro atoms. The molecule has 0 aliphatic carbocycles. The fourth-order valence-corrected chi connectivity index (χ4v) is 2.78. The molecular weight excluding hydrogens is 291 g/mol. The van der Waals surface area contributed by atoms with Crippen LogP contribution < -0.4 is 10.5 Å². The third kappa shape index (κ3) is 3.15. The molecule has 0 unspecified atom stereocenters. The fourth-order valence-electron chi connectivity index (χ4n) is 1.46. The number of hydrogen-bond acceptors (Lipinski definition) is 3. The predicted molar refractivity (Wildman–Crippen MR) is 73.1 cm³/mol. The highest BCUT2D eigenvalue weighted by Gasteiger charge is 2.16. The standard InChI is InChI=1S/C12H10ClFN2O2S/c13-11-5-4-9(15)7-12(11)16-19(17,18)10-3-1-2-8(14)6-10/h1-7,16H,15H2. The summed E-state index contributed by atoms with van der Waals surface area (Å²) in [5.74, 6) is -0.637. The van der Waals surface area contributed by atoms with E-state index in [0.717, 1.165) is 12.1 Å². The number of halogens is 2. The lowest BCUT2D eigenvalue weighted by Gasteiger charge is -2.10. The van der Waals surface area contributed by atoms with Gasteiger partial charge in [0.05, 0.1) is 15.6 Å². The molecule has 0 saturated heterocycles. The Morgan fingerprint density at radius 2 is 1.89 bits per heavy atom. The Hall–Kier alpha value is -1.79. The molecule has 0 saturated carbocycles. The number of nitrogens with one attached hydrogen (secondary N) is 1. The van der Waals surface area contributed by atoms with E-state index in [1.165, 1.54) is 24.3 Å². The van der Waals surface area contributed by atoms with Gasteiger partial charge in [-0.25, -0.2) is 12.8 Å². The van der Waals surface area contributed by atoms with Crippen LogP contribution in [0.15, 0.2) is 47.4 Å². The summed E-state index contributed by atoms with van der Waals surface area (Å²) in [6.45, 7) is 0. The van der Waals surface area contributed by atoms with Crippen LogP contribution in [0.4, 0.5) is 15.8 Å². The maximum atomic E-state index is 13.0. The lowest BCUT2D eigenvalue weighted by atomic mass is 10.3. The molecule has 2 aromatic rings. The van der Waals surface area contributed by atoms with E-state index in [9.17, 15) is 12.8 Å². The number of anilines is 2. The Kier molecular flexibility index (Phi) is 3.64. The molecule has 0 atom stereocenters. The van der Waals surface area contributed by atoms with Crippen molar-refractivity contribution < 1.29 is 12.8 Å². The van der Waals surface area contributed by atoms with Gasteiger partial charge in [0.15, 0.2) is 0 Å². The van der Waals surface area contributed by atoms with Gasteiger partial charge < -0.3 is 5.73 Å². The van der Waals surface area contributed by atoms with Crippen LogP contribution in [0.1, 0.15) is 0 Å². The van der Waals surface area contributed by atoms with Gasteiger partial charge in [0.1, 0.15) is 5.82 Å².